The van der Waals surface area contributed by atoms with Crippen molar-refractivity contribution in [2.75, 3.05) is 0 Å². The quantitative estimate of drug-likeness (QED) is 0.439. The molecular formula is C17H11N. The molecule has 0 spiro atoms. The molecule has 1 aliphatic heterocycles. The predicted octanol–water partition coefficient (Wildman–Crippen LogP) is 2.93. The maximum atomic E-state index is 4.79. The van der Waals surface area contributed by atoms with Gasteiger partial charge in [-0.3, -0.25) is 0 Å². The van der Waals surface area contributed by atoms with Crippen LogP contribution in [0.2, 0.25) is 0 Å². The van der Waals surface area contributed by atoms with Crippen LogP contribution in [0.25, 0.3) is 16.8 Å². The fraction of sp³-hybridized carbons (Fsp3) is 0. The summed E-state index contributed by atoms with van der Waals surface area (Å²) >= 11 is 0. The van der Waals surface area contributed by atoms with Crippen LogP contribution in [0.4, 0.5) is 5.69 Å². The first kappa shape index (κ1) is 9.60. The van der Waals surface area contributed by atoms with E-state index in [1.807, 2.05) is 6.07 Å². The van der Waals surface area contributed by atoms with Crippen LogP contribution in [0.15, 0.2) is 65.7 Å². The SMILES string of the molecule is C1=c2ccccc2=Nc2cccc3cccc1c23. The Kier molecular flexibility index (Phi) is 1.89. The summed E-state index contributed by atoms with van der Waals surface area (Å²) in [5.41, 5.74) is 2.31. The zero-order valence-electron chi connectivity index (χ0n) is 9.80. The third-order valence-electron chi connectivity index (χ3n) is 3.40. The number of nitrogens with zero attached hydrogens (tertiary/aromatic N) is 1. The van der Waals surface area contributed by atoms with E-state index in [1.165, 1.54) is 21.6 Å². The van der Waals surface area contributed by atoms with E-state index in [2.05, 4.69) is 60.7 Å². The van der Waals surface area contributed by atoms with Crippen molar-refractivity contribution in [2.45, 2.75) is 0 Å². The van der Waals surface area contributed by atoms with E-state index in [4.69, 9.17) is 4.99 Å². The lowest BCUT2D eigenvalue weighted by Gasteiger charge is -2.03. The zero-order chi connectivity index (χ0) is 11.9. The Labute approximate surface area is 105 Å². The summed E-state index contributed by atoms with van der Waals surface area (Å²) in [7, 11) is 0. The Morgan fingerprint density at radius 2 is 1.56 bits per heavy atom. The first-order valence-corrected chi connectivity index (χ1v) is 6.09. The van der Waals surface area contributed by atoms with Gasteiger partial charge in [-0.1, -0.05) is 48.5 Å². The van der Waals surface area contributed by atoms with Gasteiger partial charge in [-0.25, -0.2) is 4.99 Å². The minimum absolute atomic E-state index is 1.04. The molecule has 18 heavy (non-hydrogen) atoms. The van der Waals surface area contributed by atoms with Gasteiger partial charge in [0.1, 0.15) is 0 Å². The predicted molar refractivity (Wildman–Crippen MR) is 74.4 cm³/mol. The number of benzene rings is 3. The number of hydrogen-bond donors (Lipinski definition) is 0. The summed E-state index contributed by atoms with van der Waals surface area (Å²) < 4.78 is 0. The molecule has 0 saturated heterocycles. The van der Waals surface area contributed by atoms with Gasteiger partial charge in [-0.2, -0.15) is 0 Å². The van der Waals surface area contributed by atoms with E-state index in [9.17, 15) is 0 Å². The molecule has 0 atom stereocenters. The summed E-state index contributed by atoms with van der Waals surface area (Å²) in [6.07, 6.45) is 2.22. The van der Waals surface area contributed by atoms with Gasteiger partial charge in [-0.15, -0.1) is 0 Å². The van der Waals surface area contributed by atoms with Crippen molar-refractivity contribution in [1.82, 2.24) is 0 Å². The zero-order valence-corrected chi connectivity index (χ0v) is 9.80. The summed E-state index contributed by atoms with van der Waals surface area (Å²) in [5, 5.41) is 4.72. The van der Waals surface area contributed by atoms with Crippen molar-refractivity contribution in [3.63, 3.8) is 0 Å². The number of hydrogen-bond acceptors (Lipinski definition) is 1. The Hall–Kier alpha value is -2.41. The number of fused-ring (bicyclic) bond motifs is 1. The third-order valence-corrected chi connectivity index (χ3v) is 3.40. The highest BCUT2D eigenvalue weighted by molar-refractivity contribution is 5.99. The lowest BCUT2D eigenvalue weighted by Crippen LogP contribution is -2.23. The molecule has 0 bridgehead atoms. The molecule has 0 unspecified atom stereocenters. The summed E-state index contributed by atoms with van der Waals surface area (Å²) in [6, 6.07) is 21.0. The van der Waals surface area contributed by atoms with Crippen molar-refractivity contribution < 1.29 is 0 Å². The molecule has 4 rings (SSSR count). The molecule has 1 aliphatic rings. The Morgan fingerprint density at radius 3 is 2.50 bits per heavy atom. The average Bonchev–Trinajstić information content (AvgIpc) is 2.57. The van der Waals surface area contributed by atoms with Gasteiger partial charge in [0.2, 0.25) is 0 Å². The average molecular weight is 229 g/mol. The fourth-order valence-electron chi connectivity index (χ4n) is 2.57. The Balaban J connectivity index is 2.30. The van der Waals surface area contributed by atoms with Crippen molar-refractivity contribution in [2.24, 2.45) is 4.99 Å². The minimum atomic E-state index is 1.04. The third kappa shape index (κ3) is 1.31. The van der Waals surface area contributed by atoms with Gasteiger partial charge in [0.15, 0.2) is 0 Å². The largest absolute Gasteiger partial charge is 0.248 e. The van der Waals surface area contributed by atoms with Crippen LogP contribution in [-0.4, -0.2) is 0 Å². The highest BCUT2D eigenvalue weighted by Gasteiger charge is 2.06. The molecule has 0 aromatic heterocycles. The lowest BCUT2D eigenvalue weighted by molar-refractivity contribution is 1.32. The molecule has 0 amide bonds. The standard InChI is InChI=1S/C17H11N/c1-2-9-15-13(5-1)11-14-8-3-6-12-7-4-10-16(18-15)17(12)14/h1-11H. The molecule has 0 fully saturated rings. The van der Waals surface area contributed by atoms with Crippen molar-refractivity contribution in [3.05, 3.63) is 76.8 Å². The van der Waals surface area contributed by atoms with E-state index in [0.717, 1.165) is 11.0 Å². The molecule has 1 nitrogen and oxygen atoms in total. The van der Waals surface area contributed by atoms with Crippen molar-refractivity contribution in [1.29, 1.82) is 0 Å². The molecule has 84 valence electrons. The molecule has 1 heteroatoms. The van der Waals surface area contributed by atoms with E-state index < -0.39 is 0 Å². The maximum absolute atomic E-state index is 4.79. The highest BCUT2D eigenvalue weighted by atomic mass is 14.7. The Bertz CT molecular complexity index is 806. The van der Waals surface area contributed by atoms with Crippen LogP contribution < -0.4 is 10.6 Å². The topological polar surface area (TPSA) is 12.4 Å². The summed E-state index contributed by atoms with van der Waals surface area (Å²) in [6.45, 7) is 0. The van der Waals surface area contributed by atoms with Crippen molar-refractivity contribution >= 4 is 22.5 Å². The molecule has 0 N–H and O–H groups in total. The van der Waals surface area contributed by atoms with Crippen LogP contribution in [-0.2, 0) is 0 Å². The van der Waals surface area contributed by atoms with E-state index >= 15 is 0 Å². The van der Waals surface area contributed by atoms with Crippen LogP contribution in [0.5, 0.6) is 0 Å². The molecule has 3 aromatic carbocycles. The highest BCUT2D eigenvalue weighted by Crippen LogP contribution is 2.29. The second-order valence-corrected chi connectivity index (χ2v) is 4.54. The van der Waals surface area contributed by atoms with Gasteiger partial charge in [0.05, 0.1) is 11.0 Å². The monoisotopic (exact) mass is 229 g/mol. The van der Waals surface area contributed by atoms with Gasteiger partial charge < -0.3 is 0 Å². The fourth-order valence-corrected chi connectivity index (χ4v) is 2.57. The lowest BCUT2D eigenvalue weighted by atomic mass is 10.0. The van der Waals surface area contributed by atoms with Crippen LogP contribution in [0.1, 0.15) is 5.56 Å². The Morgan fingerprint density at radius 1 is 0.722 bits per heavy atom. The van der Waals surface area contributed by atoms with Crippen LogP contribution in [0.3, 0.4) is 0 Å². The van der Waals surface area contributed by atoms with Crippen LogP contribution in [0, 0.1) is 0 Å². The van der Waals surface area contributed by atoms with Gasteiger partial charge in [0, 0.05) is 10.6 Å². The maximum Gasteiger partial charge on any atom is 0.0721 e. The molecule has 3 aromatic rings. The van der Waals surface area contributed by atoms with E-state index in [-0.39, 0.29) is 0 Å². The minimum Gasteiger partial charge on any atom is -0.248 e. The molecule has 1 heterocycles. The molecular weight excluding hydrogens is 218 g/mol. The summed E-state index contributed by atoms with van der Waals surface area (Å²) in [5.74, 6) is 0. The van der Waals surface area contributed by atoms with Gasteiger partial charge >= 0.3 is 0 Å². The number of para-hydroxylation sites is 1. The first-order chi connectivity index (χ1) is 8.92. The van der Waals surface area contributed by atoms with Gasteiger partial charge in [-0.05, 0) is 29.2 Å². The second-order valence-electron chi connectivity index (χ2n) is 4.54. The molecule has 0 aliphatic carbocycles. The molecule has 0 saturated carbocycles. The van der Waals surface area contributed by atoms with E-state index in [0.29, 0.717) is 0 Å². The van der Waals surface area contributed by atoms with Crippen molar-refractivity contribution in [3.8, 4) is 0 Å². The van der Waals surface area contributed by atoms with Crippen LogP contribution >= 0.6 is 0 Å². The molecule has 0 radical (unpaired) electrons. The number of rotatable bonds is 0. The normalized spacial score (nSPS) is 12.2. The second kappa shape index (κ2) is 3.54. The first-order valence-electron chi connectivity index (χ1n) is 6.09. The smallest absolute Gasteiger partial charge is 0.0721 e. The summed E-state index contributed by atoms with van der Waals surface area (Å²) in [4.78, 5) is 4.79. The van der Waals surface area contributed by atoms with E-state index in [1.54, 1.807) is 0 Å². The van der Waals surface area contributed by atoms with Gasteiger partial charge in [0.25, 0.3) is 0 Å².